The highest BCUT2D eigenvalue weighted by molar-refractivity contribution is 5.86. The molecule has 0 atom stereocenters. The molecule has 0 aliphatic rings. The van der Waals surface area contributed by atoms with E-state index in [-0.39, 0.29) is 30.2 Å². The summed E-state index contributed by atoms with van der Waals surface area (Å²) in [4.78, 5) is 12.1. The Morgan fingerprint density at radius 1 is 1.12 bits per heavy atom. The van der Waals surface area contributed by atoms with Gasteiger partial charge in [-0.05, 0) is 18.2 Å². The zero-order valence-electron chi connectivity index (χ0n) is 12.8. The van der Waals surface area contributed by atoms with Crippen molar-refractivity contribution in [2.45, 2.75) is 19.3 Å². The maximum atomic E-state index is 12.4. The number of aromatic nitrogens is 1. The molecule has 1 heterocycles. The number of amides is 1. The van der Waals surface area contributed by atoms with Crippen molar-refractivity contribution < 1.29 is 27.2 Å². The lowest BCUT2D eigenvalue weighted by Crippen LogP contribution is -2.26. The number of para-hydroxylation sites is 2. The molecule has 0 unspecified atom stereocenters. The van der Waals surface area contributed by atoms with E-state index in [0.29, 0.717) is 11.3 Å². The minimum atomic E-state index is -4.79. The van der Waals surface area contributed by atoms with Gasteiger partial charge in [-0.3, -0.25) is 4.79 Å². The number of carbonyl (C=O) groups excluding carboxylic acids is 1. The Labute approximate surface area is 140 Å². The quantitative estimate of drug-likeness (QED) is 0.764. The minimum absolute atomic E-state index is 0.0424. The molecule has 3 rings (SSSR count). The fourth-order valence-corrected chi connectivity index (χ4v) is 2.35. The molecule has 0 saturated heterocycles. The maximum Gasteiger partial charge on any atom is 0.573 e. The van der Waals surface area contributed by atoms with Gasteiger partial charge in [-0.2, -0.15) is 0 Å². The molecule has 0 saturated carbocycles. The molecule has 0 aliphatic carbocycles. The molecule has 2 aromatic carbocycles. The smallest absolute Gasteiger partial charge is 0.405 e. The predicted octanol–water partition coefficient (Wildman–Crippen LogP) is 3.59. The molecule has 3 aromatic rings. The average molecular weight is 350 g/mol. The van der Waals surface area contributed by atoms with E-state index in [1.165, 1.54) is 18.2 Å². The number of nitrogens with one attached hydrogen (secondary N) is 1. The second-order valence-electron chi connectivity index (χ2n) is 5.23. The molecular formula is C17H13F3N2O3. The van der Waals surface area contributed by atoms with E-state index in [1.807, 2.05) is 0 Å². The maximum absolute atomic E-state index is 12.4. The van der Waals surface area contributed by atoms with Crippen LogP contribution in [0.2, 0.25) is 0 Å². The summed E-state index contributed by atoms with van der Waals surface area (Å²) in [5, 5.41) is 7.13. The standard InChI is InChI=1S/C17H13F3N2O3/c18-17(19,20)24-14-7-3-1-5-11(14)10-21-16(23)9-13-12-6-2-4-8-15(12)25-22-13/h1-8H,9-10H2,(H,21,23). The molecule has 0 aliphatic heterocycles. The number of nitrogens with zero attached hydrogens (tertiary/aromatic N) is 1. The normalized spacial score (nSPS) is 11.5. The van der Waals surface area contributed by atoms with Gasteiger partial charge in [0.1, 0.15) is 11.4 Å². The number of carbonyl (C=O) groups is 1. The van der Waals surface area contributed by atoms with E-state index in [9.17, 15) is 18.0 Å². The highest BCUT2D eigenvalue weighted by Crippen LogP contribution is 2.26. The molecule has 0 radical (unpaired) electrons. The monoisotopic (exact) mass is 350 g/mol. The summed E-state index contributed by atoms with van der Waals surface area (Å²) < 4.78 is 46.2. The van der Waals surface area contributed by atoms with Crippen LogP contribution in [0.15, 0.2) is 53.1 Å². The third-order valence-electron chi connectivity index (χ3n) is 3.45. The lowest BCUT2D eigenvalue weighted by atomic mass is 10.1. The van der Waals surface area contributed by atoms with Crippen LogP contribution in [0, 0.1) is 0 Å². The number of benzene rings is 2. The van der Waals surface area contributed by atoms with Crippen molar-refractivity contribution in [2.24, 2.45) is 0 Å². The third kappa shape index (κ3) is 4.28. The first-order chi connectivity index (χ1) is 11.9. The van der Waals surface area contributed by atoms with Crippen LogP contribution < -0.4 is 10.1 Å². The fourth-order valence-electron chi connectivity index (χ4n) is 2.35. The predicted molar refractivity (Wildman–Crippen MR) is 82.7 cm³/mol. The van der Waals surface area contributed by atoms with Crippen molar-refractivity contribution in [1.29, 1.82) is 0 Å². The molecule has 130 valence electrons. The number of hydrogen-bond acceptors (Lipinski definition) is 4. The molecular weight excluding hydrogens is 337 g/mol. The van der Waals surface area contributed by atoms with Gasteiger partial charge in [-0.25, -0.2) is 0 Å². The molecule has 1 amide bonds. The molecule has 0 fully saturated rings. The van der Waals surface area contributed by atoms with E-state index < -0.39 is 6.36 Å². The van der Waals surface area contributed by atoms with Crippen LogP contribution in [-0.2, 0) is 17.8 Å². The lowest BCUT2D eigenvalue weighted by molar-refractivity contribution is -0.274. The summed E-state index contributed by atoms with van der Waals surface area (Å²) in [5.74, 6) is -0.733. The van der Waals surface area contributed by atoms with Crippen LogP contribution in [0.1, 0.15) is 11.3 Å². The van der Waals surface area contributed by atoms with Crippen molar-refractivity contribution in [3.63, 3.8) is 0 Å². The van der Waals surface area contributed by atoms with Gasteiger partial charge < -0.3 is 14.6 Å². The van der Waals surface area contributed by atoms with E-state index in [4.69, 9.17) is 4.52 Å². The Bertz CT molecular complexity index is 890. The Balaban J connectivity index is 1.65. The number of hydrogen-bond donors (Lipinski definition) is 1. The summed E-state index contributed by atoms with van der Waals surface area (Å²) in [6.07, 6.45) is -4.83. The van der Waals surface area contributed by atoms with Crippen LogP contribution in [0.4, 0.5) is 13.2 Å². The van der Waals surface area contributed by atoms with Crippen molar-refractivity contribution in [2.75, 3.05) is 0 Å². The first-order valence-corrected chi connectivity index (χ1v) is 7.36. The second-order valence-corrected chi connectivity index (χ2v) is 5.23. The number of alkyl halides is 3. The summed E-state index contributed by atoms with van der Waals surface area (Å²) in [6.45, 7) is -0.0964. The fraction of sp³-hybridized carbons (Fsp3) is 0.176. The summed E-state index contributed by atoms with van der Waals surface area (Å²) in [5.41, 5.74) is 1.25. The van der Waals surface area contributed by atoms with Gasteiger partial charge in [0.2, 0.25) is 5.91 Å². The second kappa shape index (κ2) is 6.84. The average Bonchev–Trinajstić information content (AvgIpc) is 2.96. The van der Waals surface area contributed by atoms with Crippen LogP contribution in [0.5, 0.6) is 5.75 Å². The van der Waals surface area contributed by atoms with Gasteiger partial charge in [0.25, 0.3) is 0 Å². The van der Waals surface area contributed by atoms with Crippen LogP contribution >= 0.6 is 0 Å². The number of fused-ring (bicyclic) bond motifs is 1. The van der Waals surface area contributed by atoms with Crippen molar-refractivity contribution in [3.8, 4) is 5.75 Å². The topological polar surface area (TPSA) is 64.4 Å². The van der Waals surface area contributed by atoms with E-state index in [0.717, 1.165) is 5.39 Å². The van der Waals surface area contributed by atoms with Crippen LogP contribution in [0.3, 0.4) is 0 Å². The minimum Gasteiger partial charge on any atom is -0.405 e. The van der Waals surface area contributed by atoms with Crippen molar-refractivity contribution >= 4 is 16.9 Å². The highest BCUT2D eigenvalue weighted by Gasteiger charge is 2.32. The molecule has 0 spiro atoms. The third-order valence-corrected chi connectivity index (χ3v) is 3.45. The first-order valence-electron chi connectivity index (χ1n) is 7.36. The SMILES string of the molecule is O=C(Cc1noc2ccccc12)NCc1ccccc1OC(F)(F)F. The molecule has 1 N–H and O–H groups in total. The zero-order valence-corrected chi connectivity index (χ0v) is 12.8. The molecule has 8 heteroatoms. The van der Waals surface area contributed by atoms with E-state index in [2.05, 4.69) is 15.2 Å². The molecule has 0 bridgehead atoms. The summed E-state index contributed by atoms with van der Waals surface area (Å²) in [6, 6.07) is 12.7. The van der Waals surface area contributed by atoms with Crippen LogP contribution in [0.25, 0.3) is 11.0 Å². The van der Waals surface area contributed by atoms with E-state index >= 15 is 0 Å². The Kier molecular flexibility index (Phi) is 4.60. The zero-order chi connectivity index (χ0) is 17.9. The van der Waals surface area contributed by atoms with Crippen molar-refractivity contribution in [1.82, 2.24) is 10.5 Å². The Hall–Kier alpha value is -3.03. The lowest BCUT2D eigenvalue weighted by Gasteiger charge is -2.13. The summed E-state index contributed by atoms with van der Waals surface area (Å²) in [7, 11) is 0. The van der Waals surface area contributed by atoms with E-state index in [1.54, 1.807) is 30.3 Å². The van der Waals surface area contributed by atoms with Crippen LogP contribution in [-0.4, -0.2) is 17.4 Å². The molecule has 1 aromatic heterocycles. The molecule has 25 heavy (non-hydrogen) atoms. The number of halogens is 3. The Morgan fingerprint density at radius 3 is 2.64 bits per heavy atom. The Morgan fingerprint density at radius 2 is 1.84 bits per heavy atom. The van der Waals surface area contributed by atoms with Gasteiger partial charge in [-0.15, -0.1) is 13.2 Å². The van der Waals surface area contributed by atoms with Gasteiger partial charge >= 0.3 is 6.36 Å². The van der Waals surface area contributed by atoms with Gasteiger partial charge in [0.05, 0.1) is 6.42 Å². The van der Waals surface area contributed by atoms with Gasteiger partial charge in [-0.1, -0.05) is 35.5 Å². The first kappa shape index (κ1) is 16.8. The molecule has 5 nitrogen and oxygen atoms in total. The largest absolute Gasteiger partial charge is 0.573 e. The highest BCUT2D eigenvalue weighted by atomic mass is 19.4. The van der Waals surface area contributed by atoms with Gasteiger partial charge in [0.15, 0.2) is 5.58 Å². The van der Waals surface area contributed by atoms with Crippen molar-refractivity contribution in [3.05, 3.63) is 59.8 Å². The van der Waals surface area contributed by atoms with Gasteiger partial charge in [0, 0.05) is 17.5 Å². The number of rotatable bonds is 5. The number of ether oxygens (including phenoxy) is 1. The summed E-state index contributed by atoms with van der Waals surface area (Å²) >= 11 is 0.